The van der Waals surface area contributed by atoms with Crippen molar-refractivity contribution < 1.29 is 9.84 Å². The van der Waals surface area contributed by atoms with Crippen LogP contribution in [0.5, 0.6) is 11.5 Å². The van der Waals surface area contributed by atoms with Gasteiger partial charge >= 0.3 is 0 Å². The highest BCUT2D eigenvalue weighted by Gasteiger charge is 2.10. The summed E-state index contributed by atoms with van der Waals surface area (Å²) >= 11 is 0. The number of phenols is 1. The fourth-order valence-corrected chi connectivity index (χ4v) is 2.18. The van der Waals surface area contributed by atoms with Crippen LogP contribution in [0.3, 0.4) is 0 Å². The lowest BCUT2D eigenvalue weighted by Gasteiger charge is -2.08. The SMILES string of the molecule is Oc1ccccc1OCc1ccc2c(c1)CNC2. The minimum atomic E-state index is 0.181. The number of para-hydroxylation sites is 2. The number of aromatic hydroxyl groups is 1. The molecule has 0 aliphatic carbocycles. The minimum Gasteiger partial charge on any atom is -0.504 e. The van der Waals surface area contributed by atoms with Gasteiger partial charge in [-0.2, -0.15) is 0 Å². The molecule has 2 N–H and O–H groups in total. The highest BCUT2D eigenvalue weighted by atomic mass is 16.5. The third kappa shape index (κ3) is 2.17. The standard InChI is InChI=1S/C15H15NO2/c17-14-3-1-2-4-15(14)18-10-11-5-6-12-8-16-9-13(12)7-11/h1-7,16-17H,8-10H2. The molecule has 1 heterocycles. The van der Waals surface area contributed by atoms with E-state index in [9.17, 15) is 5.11 Å². The van der Waals surface area contributed by atoms with E-state index < -0.39 is 0 Å². The molecular formula is C15H15NO2. The molecule has 2 aromatic carbocycles. The maximum atomic E-state index is 9.61. The van der Waals surface area contributed by atoms with Gasteiger partial charge in [0.15, 0.2) is 11.5 Å². The summed E-state index contributed by atoms with van der Waals surface area (Å²) in [5, 5.41) is 12.9. The van der Waals surface area contributed by atoms with Gasteiger partial charge in [0.1, 0.15) is 6.61 Å². The molecule has 0 bridgehead atoms. The van der Waals surface area contributed by atoms with Crippen molar-refractivity contribution in [2.75, 3.05) is 0 Å². The van der Waals surface area contributed by atoms with Gasteiger partial charge in [0.25, 0.3) is 0 Å². The molecule has 92 valence electrons. The Bertz CT molecular complexity index is 566. The zero-order valence-electron chi connectivity index (χ0n) is 10.0. The maximum absolute atomic E-state index is 9.61. The summed E-state index contributed by atoms with van der Waals surface area (Å²) in [5.74, 6) is 0.705. The zero-order chi connectivity index (χ0) is 12.4. The zero-order valence-corrected chi connectivity index (χ0v) is 10.0. The second kappa shape index (κ2) is 4.70. The molecule has 0 radical (unpaired) electrons. The summed E-state index contributed by atoms with van der Waals surface area (Å²) in [7, 11) is 0. The van der Waals surface area contributed by atoms with Crippen molar-refractivity contribution in [3.63, 3.8) is 0 Å². The highest BCUT2D eigenvalue weighted by molar-refractivity contribution is 5.39. The molecule has 0 spiro atoms. The van der Waals surface area contributed by atoms with Crippen molar-refractivity contribution in [2.24, 2.45) is 0 Å². The van der Waals surface area contributed by atoms with Crippen LogP contribution in [0.1, 0.15) is 16.7 Å². The van der Waals surface area contributed by atoms with E-state index in [1.807, 2.05) is 6.07 Å². The molecule has 0 aromatic heterocycles. The van der Waals surface area contributed by atoms with Gasteiger partial charge in [-0.1, -0.05) is 30.3 Å². The van der Waals surface area contributed by atoms with Crippen LogP contribution in [-0.2, 0) is 19.7 Å². The van der Waals surface area contributed by atoms with Crippen molar-refractivity contribution in [3.8, 4) is 11.5 Å². The molecule has 1 aliphatic heterocycles. The summed E-state index contributed by atoms with van der Waals surface area (Å²) in [5.41, 5.74) is 3.83. The normalized spacial score (nSPS) is 13.3. The van der Waals surface area contributed by atoms with Gasteiger partial charge in [0, 0.05) is 13.1 Å². The predicted molar refractivity (Wildman–Crippen MR) is 69.4 cm³/mol. The Hall–Kier alpha value is -2.00. The van der Waals surface area contributed by atoms with Gasteiger partial charge in [-0.3, -0.25) is 0 Å². The summed E-state index contributed by atoms with van der Waals surface area (Å²) < 4.78 is 5.61. The molecule has 3 heteroatoms. The fraction of sp³-hybridized carbons (Fsp3) is 0.200. The lowest BCUT2D eigenvalue weighted by atomic mass is 10.1. The number of hydrogen-bond donors (Lipinski definition) is 2. The lowest BCUT2D eigenvalue weighted by molar-refractivity contribution is 0.289. The molecule has 1 aliphatic rings. The third-order valence-corrected chi connectivity index (χ3v) is 3.16. The Labute approximate surface area is 106 Å². The van der Waals surface area contributed by atoms with Crippen LogP contribution >= 0.6 is 0 Å². The maximum Gasteiger partial charge on any atom is 0.161 e. The Balaban J connectivity index is 1.72. The largest absolute Gasteiger partial charge is 0.504 e. The van der Waals surface area contributed by atoms with Crippen LogP contribution < -0.4 is 10.1 Å². The molecule has 0 amide bonds. The van der Waals surface area contributed by atoms with E-state index in [2.05, 4.69) is 23.5 Å². The molecule has 0 unspecified atom stereocenters. The van der Waals surface area contributed by atoms with Crippen molar-refractivity contribution in [1.82, 2.24) is 5.32 Å². The van der Waals surface area contributed by atoms with Crippen molar-refractivity contribution >= 4 is 0 Å². The van der Waals surface area contributed by atoms with E-state index in [0.29, 0.717) is 12.4 Å². The number of rotatable bonds is 3. The second-order valence-electron chi connectivity index (χ2n) is 4.46. The molecule has 0 saturated heterocycles. The van der Waals surface area contributed by atoms with Gasteiger partial charge in [0.05, 0.1) is 0 Å². The molecule has 0 saturated carbocycles. The third-order valence-electron chi connectivity index (χ3n) is 3.16. The van der Waals surface area contributed by atoms with Crippen molar-refractivity contribution in [2.45, 2.75) is 19.7 Å². The summed E-state index contributed by atoms with van der Waals surface area (Å²) in [6.07, 6.45) is 0. The Morgan fingerprint density at radius 3 is 2.78 bits per heavy atom. The Kier molecular flexibility index (Phi) is 2.90. The van der Waals surface area contributed by atoms with E-state index >= 15 is 0 Å². The average molecular weight is 241 g/mol. The first kappa shape index (κ1) is 11.1. The van der Waals surface area contributed by atoms with Crippen LogP contribution in [-0.4, -0.2) is 5.11 Å². The second-order valence-corrected chi connectivity index (χ2v) is 4.46. The van der Waals surface area contributed by atoms with Gasteiger partial charge in [-0.25, -0.2) is 0 Å². The van der Waals surface area contributed by atoms with Gasteiger partial charge in [0.2, 0.25) is 0 Å². The number of benzene rings is 2. The quantitative estimate of drug-likeness (QED) is 0.867. The number of fused-ring (bicyclic) bond motifs is 1. The first-order valence-corrected chi connectivity index (χ1v) is 6.05. The molecule has 0 atom stereocenters. The van der Waals surface area contributed by atoms with Crippen LogP contribution in [0.25, 0.3) is 0 Å². The highest BCUT2D eigenvalue weighted by Crippen LogP contribution is 2.25. The number of ether oxygens (including phenoxy) is 1. The lowest BCUT2D eigenvalue weighted by Crippen LogP contribution is -2.00. The van der Waals surface area contributed by atoms with Crippen LogP contribution in [0.4, 0.5) is 0 Å². The van der Waals surface area contributed by atoms with Gasteiger partial charge < -0.3 is 15.2 Å². The Morgan fingerprint density at radius 2 is 1.89 bits per heavy atom. The van der Waals surface area contributed by atoms with Gasteiger partial charge in [-0.05, 0) is 28.8 Å². The summed E-state index contributed by atoms with van der Waals surface area (Å²) in [6, 6.07) is 13.4. The topological polar surface area (TPSA) is 41.5 Å². The van der Waals surface area contributed by atoms with Crippen molar-refractivity contribution in [1.29, 1.82) is 0 Å². The molecule has 18 heavy (non-hydrogen) atoms. The smallest absolute Gasteiger partial charge is 0.161 e. The summed E-state index contributed by atoms with van der Waals surface area (Å²) in [4.78, 5) is 0. The minimum absolute atomic E-state index is 0.181. The first-order chi connectivity index (χ1) is 8.83. The van der Waals surface area contributed by atoms with E-state index in [0.717, 1.165) is 18.7 Å². The monoisotopic (exact) mass is 241 g/mol. The Morgan fingerprint density at radius 1 is 1.06 bits per heavy atom. The molecule has 3 nitrogen and oxygen atoms in total. The van der Waals surface area contributed by atoms with Crippen LogP contribution in [0, 0.1) is 0 Å². The fourth-order valence-electron chi connectivity index (χ4n) is 2.18. The average Bonchev–Trinajstić information content (AvgIpc) is 2.85. The molecule has 3 rings (SSSR count). The van der Waals surface area contributed by atoms with Crippen LogP contribution in [0.15, 0.2) is 42.5 Å². The van der Waals surface area contributed by atoms with Crippen molar-refractivity contribution in [3.05, 3.63) is 59.2 Å². The molecule has 0 fully saturated rings. The van der Waals surface area contributed by atoms with Gasteiger partial charge in [-0.15, -0.1) is 0 Å². The summed E-state index contributed by atoms with van der Waals surface area (Å²) in [6.45, 7) is 2.36. The number of phenolic OH excluding ortho intramolecular Hbond substituents is 1. The van der Waals surface area contributed by atoms with E-state index in [1.54, 1.807) is 18.2 Å². The molecular weight excluding hydrogens is 226 g/mol. The van der Waals surface area contributed by atoms with E-state index in [1.165, 1.54) is 11.1 Å². The molecule has 2 aromatic rings. The van der Waals surface area contributed by atoms with Crippen LogP contribution in [0.2, 0.25) is 0 Å². The van der Waals surface area contributed by atoms with E-state index in [-0.39, 0.29) is 5.75 Å². The predicted octanol–water partition coefficient (Wildman–Crippen LogP) is 2.57. The first-order valence-electron chi connectivity index (χ1n) is 6.05. The number of nitrogens with one attached hydrogen (secondary N) is 1. The van der Waals surface area contributed by atoms with E-state index in [4.69, 9.17) is 4.74 Å². The number of hydrogen-bond acceptors (Lipinski definition) is 3.